The number of hydrogen-bond donors (Lipinski definition) is 1. The van der Waals surface area contributed by atoms with Crippen molar-refractivity contribution < 1.29 is 4.74 Å². The van der Waals surface area contributed by atoms with Gasteiger partial charge in [-0.3, -0.25) is 5.41 Å². The number of rotatable bonds is 6. The van der Waals surface area contributed by atoms with Gasteiger partial charge in [0.05, 0.1) is 22.6 Å². The lowest BCUT2D eigenvalue weighted by Crippen LogP contribution is -2.26. The Balaban J connectivity index is 1.82. The molecule has 1 N–H and O–H groups in total. The molecule has 0 saturated heterocycles. The maximum absolute atomic E-state index is 8.46. The van der Waals surface area contributed by atoms with Gasteiger partial charge in [-0.2, -0.15) is 0 Å². The third-order valence-corrected chi connectivity index (χ3v) is 4.42. The van der Waals surface area contributed by atoms with Crippen molar-refractivity contribution in [1.82, 2.24) is 9.13 Å². The van der Waals surface area contributed by atoms with Gasteiger partial charge < -0.3 is 13.9 Å². The Morgan fingerprint density at radius 2 is 1.67 bits per heavy atom. The molecule has 3 rings (SSSR count). The molecule has 0 amide bonds. The van der Waals surface area contributed by atoms with E-state index in [-0.39, 0.29) is 0 Å². The number of aromatic nitrogens is 2. The number of fused-ring (bicyclic) bond motifs is 1. The van der Waals surface area contributed by atoms with Gasteiger partial charge in [0.25, 0.3) is 0 Å². The van der Waals surface area contributed by atoms with E-state index in [1.165, 1.54) is 0 Å². The van der Waals surface area contributed by atoms with Crippen molar-refractivity contribution in [3.63, 3.8) is 0 Å². The van der Waals surface area contributed by atoms with Crippen molar-refractivity contribution in [2.45, 2.75) is 26.4 Å². The Morgan fingerprint density at radius 1 is 1.00 bits per heavy atom. The van der Waals surface area contributed by atoms with E-state index in [1.807, 2.05) is 27.3 Å². The summed E-state index contributed by atoms with van der Waals surface area (Å²) in [7, 11) is 0. The Hall–Kier alpha value is -1.91. The predicted molar refractivity (Wildman–Crippen MR) is 98.0 cm³/mol. The van der Waals surface area contributed by atoms with Crippen molar-refractivity contribution in [1.29, 1.82) is 5.41 Å². The van der Waals surface area contributed by atoms with Gasteiger partial charge >= 0.3 is 0 Å². The minimum absolute atomic E-state index is 0.429. The number of aryl methyl sites for hydroxylation is 1. The van der Waals surface area contributed by atoms with Crippen LogP contribution in [0.3, 0.4) is 0 Å². The average molecular weight is 364 g/mol. The Morgan fingerprint density at radius 3 is 2.29 bits per heavy atom. The molecule has 0 spiro atoms. The molecule has 0 radical (unpaired) electrons. The second-order valence-electron chi connectivity index (χ2n) is 5.54. The summed E-state index contributed by atoms with van der Waals surface area (Å²) in [5.74, 6) is 0.602. The minimum atomic E-state index is 0.429. The number of ether oxygens (including phenoxy) is 1. The van der Waals surface area contributed by atoms with Crippen molar-refractivity contribution >= 4 is 34.2 Å². The summed E-state index contributed by atoms with van der Waals surface area (Å²) in [5, 5.41) is 9.53. The Bertz CT molecular complexity index is 914. The standard InChI is InChI=1S/C18H19Cl2N3O/c1-2-9-22-15-5-3-4-6-16(15)23(18(22)21)10-11-24-17-8-7-13(19)12-14(17)20/h3-8,12,21H,2,9-11H2,1H3. The zero-order chi connectivity index (χ0) is 17.1. The molecule has 1 heterocycles. The molecule has 6 heteroatoms. The lowest BCUT2D eigenvalue weighted by molar-refractivity contribution is 0.296. The summed E-state index contributed by atoms with van der Waals surface area (Å²) in [6.07, 6.45) is 0.988. The van der Waals surface area contributed by atoms with Crippen LogP contribution < -0.4 is 10.4 Å². The smallest absolute Gasteiger partial charge is 0.203 e. The quantitative estimate of drug-likeness (QED) is 0.676. The number of imidazole rings is 1. The molecular weight excluding hydrogens is 345 g/mol. The summed E-state index contributed by atoms with van der Waals surface area (Å²) < 4.78 is 9.76. The number of nitrogens with one attached hydrogen (secondary N) is 1. The molecule has 0 aliphatic carbocycles. The molecule has 0 atom stereocenters. The summed E-state index contributed by atoms with van der Waals surface area (Å²) in [6, 6.07) is 13.3. The first-order valence-electron chi connectivity index (χ1n) is 7.92. The summed E-state index contributed by atoms with van der Waals surface area (Å²) in [4.78, 5) is 0. The van der Waals surface area contributed by atoms with Crippen LogP contribution in [0.5, 0.6) is 5.75 Å². The van der Waals surface area contributed by atoms with Gasteiger partial charge in [0.15, 0.2) is 0 Å². The topological polar surface area (TPSA) is 42.9 Å². The predicted octanol–water partition coefficient (Wildman–Crippen LogP) is 4.72. The number of nitrogens with zero attached hydrogens (tertiary/aromatic N) is 2. The molecule has 3 aromatic rings. The van der Waals surface area contributed by atoms with E-state index >= 15 is 0 Å². The van der Waals surface area contributed by atoms with Gasteiger partial charge in [0, 0.05) is 11.6 Å². The van der Waals surface area contributed by atoms with Crippen LogP contribution in [-0.4, -0.2) is 15.7 Å². The zero-order valence-corrected chi connectivity index (χ0v) is 14.9. The molecule has 4 nitrogen and oxygen atoms in total. The molecule has 24 heavy (non-hydrogen) atoms. The minimum Gasteiger partial charge on any atom is -0.490 e. The van der Waals surface area contributed by atoms with Crippen molar-refractivity contribution in [2.75, 3.05) is 6.61 Å². The molecule has 126 valence electrons. The van der Waals surface area contributed by atoms with Crippen molar-refractivity contribution in [3.05, 3.63) is 58.1 Å². The highest BCUT2D eigenvalue weighted by molar-refractivity contribution is 6.35. The highest BCUT2D eigenvalue weighted by atomic mass is 35.5. The van der Waals surface area contributed by atoms with Crippen molar-refractivity contribution in [3.8, 4) is 5.75 Å². The monoisotopic (exact) mass is 363 g/mol. The molecule has 0 saturated carbocycles. The van der Waals surface area contributed by atoms with E-state index in [1.54, 1.807) is 18.2 Å². The fourth-order valence-corrected chi connectivity index (χ4v) is 3.27. The van der Waals surface area contributed by atoms with Gasteiger partial charge in [-0.15, -0.1) is 0 Å². The Labute approximate surface area is 150 Å². The van der Waals surface area contributed by atoms with E-state index in [2.05, 4.69) is 13.0 Å². The van der Waals surface area contributed by atoms with Crippen LogP contribution in [0.1, 0.15) is 13.3 Å². The number of hydrogen-bond acceptors (Lipinski definition) is 2. The van der Waals surface area contributed by atoms with Gasteiger partial charge in [0.1, 0.15) is 12.4 Å². The maximum Gasteiger partial charge on any atom is 0.203 e. The van der Waals surface area contributed by atoms with E-state index < -0.39 is 0 Å². The Kier molecular flexibility index (Phi) is 5.17. The summed E-state index contributed by atoms with van der Waals surface area (Å²) in [6.45, 7) is 3.95. The van der Waals surface area contributed by atoms with Crippen molar-refractivity contribution in [2.24, 2.45) is 0 Å². The fourth-order valence-electron chi connectivity index (χ4n) is 2.81. The molecule has 0 aliphatic rings. The summed E-state index contributed by atoms with van der Waals surface area (Å²) >= 11 is 12.0. The molecule has 0 bridgehead atoms. The molecule has 0 fully saturated rings. The SMILES string of the molecule is CCCn1c(=N)n(CCOc2ccc(Cl)cc2Cl)c2ccccc21. The zero-order valence-electron chi connectivity index (χ0n) is 13.4. The molecule has 0 unspecified atom stereocenters. The maximum atomic E-state index is 8.46. The van der Waals surface area contributed by atoms with Gasteiger partial charge in [0.2, 0.25) is 5.62 Å². The third-order valence-electron chi connectivity index (χ3n) is 3.89. The van der Waals surface area contributed by atoms with Crippen LogP contribution in [0, 0.1) is 5.41 Å². The highest BCUT2D eigenvalue weighted by Gasteiger charge is 2.10. The van der Waals surface area contributed by atoms with Crippen LogP contribution in [0.4, 0.5) is 0 Å². The second kappa shape index (κ2) is 7.32. The van der Waals surface area contributed by atoms with Crippen LogP contribution >= 0.6 is 23.2 Å². The average Bonchev–Trinajstić information content (AvgIpc) is 2.83. The third kappa shape index (κ3) is 3.30. The largest absolute Gasteiger partial charge is 0.490 e. The van der Waals surface area contributed by atoms with E-state index in [9.17, 15) is 0 Å². The number of halogens is 2. The molecular formula is C18H19Cl2N3O. The lowest BCUT2D eigenvalue weighted by atomic mass is 10.3. The van der Waals surface area contributed by atoms with Gasteiger partial charge in [-0.1, -0.05) is 42.3 Å². The lowest BCUT2D eigenvalue weighted by Gasteiger charge is -2.09. The molecule has 2 aromatic carbocycles. The molecule has 0 aliphatic heterocycles. The van der Waals surface area contributed by atoms with Gasteiger partial charge in [-0.05, 0) is 36.8 Å². The van der Waals surface area contributed by atoms with Crippen LogP contribution in [0.2, 0.25) is 10.0 Å². The molecule has 1 aromatic heterocycles. The van der Waals surface area contributed by atoms with Crippen LogP contribution in [-0.2, 0) is 13.1 Å². The van der Waals surface area contributed by atoms with Gasteiger partial charge in [-0.25, -0.2) is 0 Å². The van der Waals surface area contributed by atoms with Crippen LogP contribution in [0.25, 0.3) is 11.0 Å². The number of para-hydroxylation sites is 2. The number of benzene rings is 2. The fraction of sp³-hybridized carbons (Fsp3) is 0.278. The second-order valence-corrected chi connectivity index (χ2v) is 6.38. The summed E-state index contributed by atoms with van der Waals surface area (Å²) in [5.41, 5.74) is 2.61. The van der Waals surface area contributed by atoms with Crippen LogP contribution in [0.15, 0.2) is 42.5 Å². The highest BCUT2D eigenvalue weighted by Crippen LogP contribution is 2.27. The van der Waals surface area contributed by atoms with E-state index in [4.69, 9.17) is 33.3 Å². The van der Waals surface area contributed by atoms with E-state index in [0.29, 0.717) is 34.6 Å². The first-order valence-corrected chi connectivity index (χ1v) is 8.68. The van der Waals surface area contributed by atoms with E-state index in [0.717, 1.165) is 24.0 Å². The first-order chi connectivity index (χ1) is 11.6. The normalized spacial score (nSPS) is 11.1. The first kappa shape index (κ1) is 16.9.